The monoisotopic (exact) mass is 306 g/mol. The Labute approximate surface area is 125 Å². The zero-order chi connectivity index (χ0) is 15.5. The highest BCUT2D eigenvalue weighted by Gasteiger charge is 2.40. The molecule has 1 fully saturated rings. The Morgan fingerprint density at radius 2 is 2.27 bits per heavy atom. The van der Waals surface area contributed by atoms with Gasteiger partial charge in [0.25, 0.3) is 0 Å². The Hall–Kier alpha value is -2.15. The van der Waals surface area contributed by atoms with Gasteiger partial charge in [-0.2, -0.15) is 5.10 Å². The van der Waals surface area contributed by atoms with E-state index >= 15 is 0 Å². The maximum atomic E-state index is 14.2. The number of hydrogen-bond acceptors (Lipinski definition) is 4. The van der Waals surface area contributed by atoms with Gasteiger partial charge in [-0.1, -0.05) is 0 Å². The van der Waals surface area contributed by atoms with Gasteiger partial charge in [0.2, 0.25) is 5.76 Å². The smallest absolute Gasteiger partial charge is 0.372 e. The summed E-state index contributed by atoms with van der Waals surface area (Å²) in [7, 11) is 0. The van der Waals surface area contributed by atoms with Gasteiger partial charge >= 0.3 is 5.97 Å². The molecule has 0 aromatic carbocycles. The molecule has 3 heterocycles. The molecule has 0 spiro atoms. The topological polar surface area (TPSA) is 77.5 Å². The highest BCUT2D eigenvalue weighted by Crippen LogP contribution is 2.38. The minimum atomic E-state index is -1.35. The number of carboxylic acid groups (broad SMARTS) is 1. The van der Waals surface area contributed by atoms with Gasteiger partial charge in [0.05, 0.1) is 25.5 Å². The molecule has 0 bridgehead atoms. The van der Waals surface area contributed by atoms with E-state index in [-0.39, 0.29) is 25.5 Å². The molecule has 1 aliphatic carbocycles. The third kappa shape index (κ3) is 1.89. The first-order chi connectivity index (χ1) is 10.5. The van der Waals surface area contributed by atoms with Crippen LogP contribution in [0.5, 0.6) is 0 Å². The first-order valence-corrected chi connectivity index (χ1v) is 7.16. The lowest BCUT2D eigenvalue weighted by molar-refractivity contribution is -0.138. The summed E-state index contributed by atoms with van der Waals surface area (Å²) >= 11 is 0. The van der Waals surface area contributed by atoms with Gasteiger partial charge < -0.3 is 14.3 Å². The fraction of sp³-hybridized carbons (Fsp3) is 0.467. The Kier molecular flexibility index (Phi) is 2.72. The van der Waals surface area contributed by atoms with Crippen LogP contribution in [-0.4, -0.2) is 39.7 Å². The molecule has 0 unspecified atom stereocenters. The molecule has 0 amide bonds. The zero-order valence-corrected chi connectivity index (χ0v) is 12.1. The predicted octanol–water partition coefficient (Wildman–Crippen LogP) is 1.99. The average Bonchev–Trinajstić information content (AvgIpc) is 2.97. The molecule has 0 saturated carbocycles. The summed E-state index contributed by atoms with van der Waals surface area (Å²) in [6, 6.07) is 0. The summed E-state index contributed by atoms with van der Waals surface area (Å²) in [6.07, 6.45) is 3.18. The highest BCUT2D eigenvalue weighted by atomic mass is 19.1. The zero-order valence-electron chi connectivity index (χ0n) is 12.1. The first-order valence-electron chi connectivity index (χ1n) is 7.16. The van der Waals surface area contributed by atoms with Crippen LogP contribution in [0, 0.1) is 6.92 Å². The highest BCUT2D eigenvalue weighted by molar-refractivity contribution is 5.90. The largest absolute Gasteiger partial charge is 0.475 e. The summed E-state index contributed by atoms with van der Waals surface area (Å²) in [6.45, 7) is 2.06. The normalized spacial score (nSPS) is 18.5. The number of alkyl halides is 1. The van der Waals surface area contributed by atoms with Crippen LogP contribution in [0.4, 0.5) is 4.39 Å². The van der Waals surface area contributed by atoms with Gasteiger partial charge in [-0.05, 0) is 18.9 Å². The Morgan fingerprint density at radius 1 is 1.50 bits per heavy atom. The molecule has 6 nitrogen and oxygen atoms in total. The van der Waals surface area contributed by atoms with Crippen LogP contribution in [0.2, 0.25) is 0 Å². The van der Waals surface area contributed by atoms with Crippen molar-refractivity contribution in [2.45, 2.75) is 32.0 Å². The van der Waals surface area contributed by atoms with Crippen LogP contribution in [0.3, 0.4) is 0 Å². The van der Waals surface area contributed by atoms with Crippen molar-refractivity contribution < 1.29 is 23.4 Å². The number of aromatic nitrogens is 2. The molecule has 0 atom stereocenters. The number of hydrogen-bond donors (Lipinski definition) is 1. The lowest BCUT2D eigenvalue weighted by atomic mass is 9.94. The number of ether oxygens (including phenoxy) is 1. The second-order valence-electron chi connectivity index (χ2n) is 6.00. The number of furan rings is 1. The van der Waals surface area contributed by atoms with Gasteiger partial charge in [-0.15, -0.1) is 0 Å². The number of rotatable bonds is 3. The Morgan fingerprint density at radius 3 is 2.91 bits per heavy atom. The van der Waals surface area contributed by atoms with E-state index in [1.807, 2.05) is 6.20 Å². The van der Waals surface area contributed by atoms with Crippen molar-refractivity contribution in [1.29, 1.82) is 0 Å². The summed E-state index contributed by atoms with van der Waals surface area (Å²) in [5.74, 6) is -0.474. The molecule has 0 radical (unpaired) electrons. The van der Waals surface area contributed by atoms with Gasteiger partial charge in [0.15, 0.2) is 5.67 Å². The van der Waals surface area contributed by atoms with Crippen LogP contribution < -0.4 is 0 Å². The molecule has 1 saturated heterocycles. The van der Waals surface area contributed by atoms with Gasteiger partial charge in [-0.3, -0.25) is 4.68 Å². The molecule has 4 rings (SSSR count). The van der Waals surface area contributed by atoms with Crippen molar-refractivity contribution in [3.8, 4) is 11.3 Å². The summed E-state index contributed by atoms with van der Waals surface area (Å²) in [5, 5.41) is 13.6. The molecular weight excluding hydrogens is 291 g/mol. The Bertz CT molecular complexity index is 773. The molecule has 22 heavy (non-hydrogen) atoms. The third-order valence-electron chi connectivity index (χ3n) is 4.28. The van der Waals surface area contributed by atoms with E-state index in [0.717, 1.165) is 11.1 Å². The fourth-order valence-electron chi connectivity index (χ4n) is 3.15. The Balaban J connectivity index is 1.75. The molecule has 116 valence electrons. The quantitative estimate of drug-likeness (QED) is 0.938. The molecule has 2 aromatic rings. The standard InChI is InChI=1S/C15H15FN2O4/c1-8-11-10(22-13(8)14(19)20)3-2-9-4-18(17-12(9)11)5-15(16)6-21-7-15/h4H,2-3,5-7H2,1H3,(H,19,20). The van der Waals surface area contributed by atoms with Gasteiger partial charge in [0, 0.05) is 23.7 Å². The van der Waals surface area contributed by atoms with E-state index in [4.69, 9.17) is 9.15 Å². The van der Waals surface area contributed by atoms with Crippen molar-refractivity contribution in [3.63, 3.8) is 0 Å². The van der Waals surface area contributed by atoms with Crippen molar-refractivity contribution in [3.05, 3.63) is 28.8 Å². The van der Waals surface area contributed by atoms with E-state index in [0.29, 0.717) is 29.9 Å². The van der Waals surface area contributed by atoms with Crippen molar-refractivity contribution in [2.75, 3.05) is 13.2 Å². The SMILES string of the molecule is Cc1c(C(=O)O)oc2c1-c1nn(CC3(F)COC3)cc1CC2. The van der Waals surface area contributed by atoms with Gasteiger partial charge in [-0.25, -0.2) is 9.18 Å². The predicted molar refractivity (Wildman–Crippen MR) is 73.7 cm³/mol. The lowest BCUT2D eigenvalue weighted by Crippen LogP contribution is -2.48. The number of aryl methyl sites for hydroxylation is 2. The van der Waals surface area contributed by atoms with E-state index in [9.17, 15) is 14.3 Å². The summed E-state index contributed by atoms with van der Waals surface area (Å²) in [4.78, 5) is 11.2. The van der Waals surface area contributed by atoms with Crippen LogP contribution in [0.1, 0.15) is 27.4 Å². The van der Waals surface area contributed by atoms with Crippen LogP contribution in [0.15, 0.2) is 10.6 Å². The van der Waals surface area contributed by atoms with Crippen molar-refractivity contribution >= 4 is 5.97 Å². The molecule has 1 aliphatic heterocycles. The second-order valence-corrected chi connectivity index (χ2v) is 6.00. The number of carbonyl (C=O) groups is 1. The van der Waals surface area contributed by atoms with E-state index < -0.39 is 11.6 Å². The number of aromatic carboxylic acids is 1. The number of carboxylic acids is 1. The second kappa shape index (κ2) is 4.42. The molecule has 7 heteroatoms. The van der Waals surface area contributed by atoms with Crippen molar-refractivity contribution in [1.82, 2.24) is 9.78 Å². The van der Waals surface area contributed by atoms with E-state index in [1.54, 1.807) is 11.6 Å². The number of nitrogens with zero attached hydrogens (tertiary/aromatic N) is 2. The maximum Gasteiger partial charge on any atom is 0.372 e. The van der Waals surface area contributed by atoms with E-state index in [2.05, 4.69) is 5.10 Å². The minimum absolute atomic E-state index is 0.0400. The molecular formula is C15H15FN2O4. The first kappa shape index (κ1) is 13.5. The average molecular weight is 306 g/mol. The molecule has 2 aliphatic rings. The van der Waals surface area contributed by atoms with Crippen LogP contribution in [0.25, 0.3) is 11.3 Å². The van der Waals surface area contributed by atoms with E-state index in [1.165, 1.54) is 0 Å². The van der Waals surface area contributed by atoms with Crippen molar-refractivity contribution in [2.24, 2.45) is 0 Å². The fourth-order valence-corrected chi connectivity index (χ4v) is 3.15. The van der Waals surface area contributed by atoms with Gasteiger partial charge in [0.1, 0.15) is 5.76 Å². The number of fused-ring (bicyclic) bond motifs is 3. The number of halogens is 1. The minimum Gasteiger partial charge on any atom is -0.475 e. The summed E-state index contributed by atoms with van der Waals surface area (Å²) < 4.78 is 26.1. The molecule has 2 aromatic heterocycles. The third-order valence-corrected chi connectivity index (χ3v) is 4.28. The van der Waals surface area contributed by atoms with Crippen LogP contribution >= 0.6 is 0 Å². The van der Waals surface area contributed by atoms with Crippen LogP contribution in [-0.2, 0) is 24.1 Å². The summed E-state index contributed by atoms with van der Waals surface area (Å²) in [5.41, 5.74) is 1.68. The molecule has 1 N–H and O–H groups in total. The maximum absolute atomic E-state index is 14.2. The lowest BCUT2D eigenvalue weighted by Gasteiger charge is -2.33.